The van der Waals surface area contributed by atoms with Crippen LogP contribution in [0.5, 0.6) is 5.75 Å². The number of rotatable bonds is 6. The first-order valence-corrected chi connectivity index (χ1v) is 10.6. The molecule has 1 atom stereocenters. The Morgan fingerprint density at radius 3 is 2.56 bits per heavy atom. The van der Waals surface area contributed by atoms with Crippen molar-refractivity contribution in [1.29, 1.82) is 0 Å². The first-order valence-electron chi connectivity index (χ1n) is 9.83. The third kappa shape index (κ3) is 4.07. The summed E-state index contributed by atoms with van der Waals surface area (Å²) in [5.41, 5.74) is 1.06. The molecule has 0 unspecified atom stereocenters. The van der Waals surface area contributed by atoms with E-state index < -0.39 is 17.7 Å². The number of ketones is 1. The van der Waals surface area contributed by atoms with Crippen LogP contribution in [0.1, 0.15) is 17.2 Å². The standard InChI is InChI=1S/C25H19BrN2O4/c1-2-14-32-19-11-9-16(10-12-19)23(29)21-22(17-6-5-7-18(26)15-17)28(25(31)24(21)30)20-8-3-4-13-27-20/h2-13,15,22,29H,1,14H2/b23-21+/t22-/m0/s1. The number of anilines is 1. The SMILES string of the molecule is C=CCOc1ccc(/C(O)=C2\C(=O)C(=O)N(c3ccccn3)[C@H]2c2cccc(Br)c2)cc1. The van der Waals surface area contributed by atoms with E-state index in [1.807, 2.05) is 18.2 Å². The number of benzene rings is 2. The molecule has 1 aromatic heterocycles. The van der Waals surface area contributed by atoms with Crippen LogP contribution in [-0.4, -0.2) is 28.4 Å². The van der Waals surface area contributed by atoms with Gasteiger partial charge in [-0.15, -0.1) is 0 Å². The molecule has 1 aliphatic rings. The lowest BCUT2D eigenvalue weighted by Crippen LogP contribution is -2.30. The van der Waals surface area contributed by atoms with E-state index in [0.717, 1.165) is 4.47 Å². The van der Waals surface area contributed by atoms with Gasteiger partial charge in [0, 0.05) is 16.2 Å². The molecular weight excluding hydrogens is 472 g/mol. The van der Waals surface area contributed by atoms with E-state index in [1.165, 1.54) is 4.90 Å². The van der Waals surface area contributed by atoms with Crippen molar-refractivity contribution >= 4 is 39.2 Å². The van der Waals surface area contributed by atoms with Crippen molar-refractivity contribution in [2.45, 2.75) is 6.04 Å². The second-order valence-electron chi connectivity index (χ2n) is 7.04. The number of hydrogen-bond acceptors (Lipinski definition) is 5. The Balaban J connectivity index is 1.85. The van der Waals surface area contributed by atoms with Crippen molar-refractivity contribution in [3.63, 3.8) is 0 Å². The van der Waals surface area contributed by atoms with Crippen molar-refractivity contribution in [2.24, 2.45) is 0 Å². The van der Waals surface area contributed by atoms with Gasteiger partial charge in [0.15, 0.2) is 0 Å². The largest absolute Gasteiger partial charge is 0.507 e. The van der Waals surface area contributed by atoms with Crippen LogP contribution in [0.25, 0.3) is 5.76 Å². The molecule has 0 aliphatic carbocycles. The summed E-state index contributed by atoms with van der Waals surface area (Å²) in [6.45, 7) is 3.96. The molecule has 0 radical (unpaired) electrons. The van der Waals surface area contributed by atoms with Crippen LogP contribution in [-0.2, 0) is 9.59 Å². The highest BCUT2D eigenvalue weighted by Gasteiger charge is 2.47. The molecule has 0 spiro atoms. The topological polar surface area (TPSA) is 79.7 Å². The number of carbonyl (C=O) groups is 2. The second kappa shape index (κ2) is 9.20. The van der Waals surface area contributed by atoms with Gasteiger partial charge in [0.1, 0.15) is 23.9 Å². The van der Waals surface area contributed by atoms with Gasteiger partial charge in [-0.05, 0) is 54.1 Å². The minimum absolute atomic E-state index is 0.00138. The average molecular weight is 491 g/mol. The number of Topliss-reactive ketones (excluding diaryl/α,β-unsaturated/α-hetero) is 1. The highest BCUT2D eigenvalue weighted by atomic mass is 79.9. The van der Waals surface area contributed by atoms with Crippen molar-refractivity contribution in [1.82, 2.24) is 4.98 Å². The summed E-state index contributed by atoms with van der Waals surface area (Å²) in [5.74, 6) is -0.862. The van der Waals surface area contributed by atoms with E-state index in [-0.39, 0.29) is 11.3 Å². The monoisotopic (exact) mass is 490 g/mol. The summed E-state index contributed by atoms with van der Waals surface area (Å²) in [6, 6.07) is 18.2. The van der Waals surface area contributed by atoms with Crippen molar-refractivity contribution < 1.29 is 19.4 Å². The molecule has 4 rings (SSSR count). The Morgan fingerprint density at radius 2 is 1.91 bits per heavy atom. The lowest BCUT2D eigenvalue weighted by atomic mass is 9.95. The highest BCUT2D eigenvalue weighted by Crippen LogP contribution is 2.42. The van der Waals surface area contributed by atoms with Crippen LogP contribution in [0, 0.1) is 0 Å². The zero-order valence-corrected chi connectivity index (χ0v) is 18.5. The molecular formula is C25H19BrN2O4. The number of aromatic nitrogens is 1. The molecule has 1 aliphatic heterocycles. The fourth-order valence-corrected chi connectivity index (χ4v) is 3.99. The lowest BCUT2D eigenvalue weighted by Gasteiger charge is -2.24. The number of ether oxygens (including phenoxy) is 1. The van der Waals surface area contributed by atoms with Gasteiger partial charge < -0.3 is 9.84 Å². The molecule has 160 valence electrons. The van der Waals surface area contributed by atoms with Crippen LogP contribution in [0.15, 0.2) is 95.6 Å². The summed E-state index contributed by atoms with van der Waals surface area (Å²) in [4.78, 5) is 31.7. The minimum atomic E-state index is -0.834. The number of amides is 1. The number of hydrogen-bond donors (Lipinski definition) is 1. The van der Waals surface area contributed by atoms with Gasteiger partial charge in [-0.3, -0.25) is 14.5 Å². The fourth-order valence-electron chi connectivity index (χ4n) is 3.58. The maximum atomic E-state index is 13.1. The lowest BCUT2D eigenvalue weighted by molar-refractivity contribution is -0.132. The summed E-state index contributed by atoms with van der Waals surface area (Å²) in [7, 11) is 0. The van der Waals surface area contributed by atoms with E-state index in [4.69, 9.17) is 4.74 Å². The van der Waals surface area contributed by atoms with E-state index in [1.54, 1.807) is 60.8 Å². The number of halogens is 1. The molecule has 1 N–H and O–H groups in total. The van der Waals surface area contributed by atoms with Gasteiger partial charge in [0.05, 0.1) is 11.6 Å². The average Bonchev–Trinajstić information content (AvgIpc) is 3.08. The number of aliphatic hydroxyl groups is 1. The molecule has 2 aromatic carbocycles. The van der Waals surface area contributed by atoms with Gasteiger partial charge in [0.25, 0.3) is 5.78 Å². The maximum absolute atomic E-state index is 13.1. The van der Waals surface area contributed by atoms with Gasteiger partial charge in [-0.2, -0.15) is 0 Å². The zero-order chi connectivity index (χ0) is 22.7. The smallest absolute Gasteiger partial charge is 0.301 e. The molecule has 32 heavy (non-hydrogen) atoms. The molecule has 0 saturated carbocycles. The number of carbonyl (C=O) groups excluding carboxylic acids is 2. The Hall–Kier alpha value is -3.71. The van der Waals surface area contributed by atoms with Crippen molar-refractivity contribution in [2.75, 3.05) is 11.5 Å². The number of nitrogens with zero attached hydrogens (tertiary/aromatic N) is 2. The fraction of sp³-hybridized carbons (Fsp3) is 0.0800. The Labute approximate surface area is 193 Å². The molecule has 1 fully saturated rings. The Bertz CT molecular complexity index is 1210. The van der Waals surface area contributed by atoms with E-state index >= 15 is 0 Å². The van der Waals surface area contributed by atoms with Crippen LogP contribution in [0.3, 0.4) is 0 Å². The quantitative estimate of drug-likeness (QED) is 0.226. The summed E-state index contributed by atoms with van der Waals surface area (Å²) >= 11 is 3.44. The minimum Gasteiger partial charge on any atom is -0.507 e. The first kappa shape index (κ1) is 21.5. The molecule has 3 aromatic rings. The highest BCUT2D eigenvalue weighted by molar-refractivity contribution is 9.10. The molecule has 6 nitrogen and oxygen atoms in total. The molecule has 7 heteroatoms. The Morgan fingerprint density at radius 1 is 1.12 bits per heavy atom. The number of pyridine rings is 1. The Kier molecular flexibility index (Phi) is 6.18. The van der Waals surface area contributed by atoms with Gasteiger partial charge in [-0.1, -0.05) is 46.8 Å². The van der Waals surface area contributed by atoms with Gasteiger partial charge in [-0.25, -0.2) is 4.98 Å². The predicted octanol–water partition coefficient (Wildman–Crippen LogP) is 5.04. The van der Waals surface area contributed by atoms with Crippen molar-refractivity contribution in [3.8, 4) is 5.75 Å². The summed E-state index contributed by atoms with van der Waals surface area (Å²) in [6.07, 6.45) is 3.18. The van der Waals surface area contributed by atoms with E-state index in [9.17, 15) is 14.7 Å². The van der Waals surface area contributed by atoms with Crippen LogP contribution < -0.4 is 9.64 Å². The number of aliphatic hydroxyl groups excluding tert-OH is 1. The summed E-state index contributed by atoms with van der Waals surface area (Å²) in [5, 5.41) is 11.1. The molecule has 2 heterocycles. The van der Waals surface area contributed by atoms with Gasteiger partial charge >= 0.3 is 5.91 Å². The van der Waals surface area contributed by atoms with Gasteiger partial charge in [0.2, 0.25) is 0 Å². The van der Waals surface area contributed by atoms with Crippen LogP contribution in [0.2, 0.25) is 0 Å². The second-order valence-corrected chi connectivity index (χ2v) is 7.95. The normalized spacial score (nSPS) is 17.4. The molecule has 0 bridgehead atoms. The predicted molar refractivity (Wildman–Crippen MR) is 125 cm³/mol. The van der Waals surface area contributed by atoms with E-state index in [2.05, 4.69) is 27.5 Å². The molecule has 1 saturated heterocycles. The van der Waals surface area contributed by atoms with Crippen LogP contribution in [0.4, 0.5) is 5.82 Å². The maximum Gasteiger partial charge on any atom is 0.301 e. The van der Waals surface area contributed by atoms with Crippen LogP contribution >= 0.6 is 15.9 Å². The van der Waals surface area contributed by atoms with E-state index in [0.29, 0.717) is 29.3 Å². The zero-order valence-electron chi connectivity index (χ0n) is 16.9. The first-order chi connectivity index (χ1) is 15.5. The van der Waals surface area contributed by atoms with Crippen molar-refractivity contribution in [3.05, 3.63) is 107 Å². The summed E-state index contributed by atoms with van der Waals surface area (Å²) < 4.78 is 6.26. The third-order valence-corrected chi connectivity index (χ3v) is 5.49. The third-order valence-electron chi connectivity index (χ3n) is 5.00. The molecule has 1 amide bonds.